The third-order valence-corrected chi connectivity index (χ3v) is 1.98. The summed E-state index contributed by atoms with van der Waals surface area (Å²) < 4.78 is 0. The van der Waals surface area contributed by atoms with Gasteiger partial charge in [0, 0.05) is 5.56 Å². The Bertz CT molecular complexity index is 325. The van der Waals surface area contributed by atoms with Gasteiger partial charge in [-0.15, -0.1) is 0 Å². The number of aromatic amines is 1. The molecule has 0 bridgehead atoms. The lowest BCUT2D eigenvalue weighted by Gasteiger charge is -1.95. The van der Waals surface area contributed by atoms with Crippen LogP contribution in [0.25, 0.3) is 0 Å². The van der Waals surface area contributed by atoms with E-state index in [2.05, 4.69) is 10.2 Å². The first kappa shape index (κ1) is 6.58. The maximum absolute atomic E-state index is 11.1. The molecule has 0 atom stereocenters. The third kappa shape index (κ3) is 1.18. The van der Waals surface area contributed by atoms with Gasteiger partial charge in [0.1, 0.15) is 0 Å². The SMILES string of the molecule is Cc1cc(C2CC2)c(=O)[nH]n1. The van der Waals surface area contributed by atoms with Crippen LogP contribution in [-0.2, 0) is 0 Å². The van der Waals surface area contributed by atoms with Gasteiger partial charge in [0.25, 0.3) is 5.56 Å². The zero-order valence-electron chi connectivity index (χ0n) is 6.42. The Morgan fingerprint density at radius 1 is 1.64 bits per heavy atom. The molecule has 0 amide bonds. The second-order valence-electron chi connectivity index (χ2n) is 3.07. The molecule has 0 aromatic carbocycles. The molecule has 1 heterocycles. The maximum atomic E-state index is 11.1. The summed E-state index contributed by atoms with van der Waals surface area (Å²) in [6.45, 7) is 1.89. The van der Waals surface area contributed by atoms with Crippen molar-refractivity contribution in [2.45, 2.75) is 25.7 Å². The molecule has 1 N–H and O–H groups in total. The fraction of sp³-hybridized carbons (Fsp3) is 0.500. The number of hydrogen-bond donors (Lipinski definition) is 1. The molecular formula is C8H10N2O. The van der Waals surface area contributed by atoms with E-state index in [1.54, 1.807) is 0 Å². The van der Waals surface area contributed by atoms with Crippen LogP contribution >= 0.6 is 0 Å². The molecule has 0 spiro atoms. The van der Waals surface area contributed by atoms with Crippen molar-refractivity contribution < 1.29 is 0 Å². The van der Waals surface area contributed by atoms with Crippen molar-refractivity contribution in [2.24, 2.45) is 0 Å². The fourth-order valence-electron chi connectivity index (χ4n) is 1.22. The quantitative estimate of drug-likeness (QED) is 0.648. The number of nitrogens with zero attached hydrogens (tertiary/aromatic N) is 1. The van der Waals surface area contributed by atoms with Gasteiger partial charge in [-0.3, -0.25) is 4.79 Å². The monoisotopic (exact) mass is 150 g/mol. The van der Waals surface area contributed by atoms with Gasteiger partial charge in [-0.2, -0.15) is 5.10 Å². The summed E-state index contributed by atoms with van der Waals surface area (Å²) in [5.41, 5.74) is 1.79. The van der Waals surface area contributed by atoms with Crippen LogP contribution in [0.4, 0.5) is 0 Å². The molecule has 1 aliphatic carbocycles. The van der Waals surface area contributed by atoms with Crippen LogP contribution in [0.3, 0.4) is 0 Å². The van der Waals surface area contributed by atoms with E-state index in [9.17, 15) is 4.79 Å². The lowest BCUT2D eigenvalue weighted by Crippen LogP contribution is -2.13. The van der Waals surface area contributed by atoms with E-state index in [0.717, 1.165) is 24.1 Å². The van der Waals surface area contributed by atoms with Crippen molar-refractivity contribution in [3.05, 3.63) is 27.7 Å². The largest absolute Gasteiger partial charge is 0.268 e. The summed E-state index contributed by atoms with van der Waals surface area (Å²) in [5.74, 6) is 0.514. The van der Waals surface area contributed by atoms with Gasteiger partial charge in [0.15, 0.2) is 0 Å². The van der Waals surface area contributed by atoms with Gasteiger partial charge < -0.3 is 0 Å². The molecule has 3 heteroatoms. The van der Waals surface area contributed by atoms with Crippen molar-refractivity contribution in [3.63, 3.8) is 0 Å². The molecule has 11 heavy (non-hydrogen) atoms. The van der Waals surface area contributed by atoms with Gasteiger partial charge in [0.05, 0.1) is 5.69 Å². The first-order valence-corrected chi connectivity index (χ1v) is 3.83. The third-order valence-electron chi connectivity index (χ3n) is 1.98. The molecule has 1 aromatic heterocycles. The molecular weight excluding hydrogens is 140 g/mol. The average Bonchev–Trinajstić information content (AvgIpc) is 2.76. The molecule has 58 valence electrons. The first-order valence-electron chi connectivity index (χ1n) is 3.83. The zero-order chi connectivity index (χ0) is 7.84. The van der Waals surface area contributed by atoms with Crippen LogP contribution < -0.4 is 5.56 Å². The van der Waals surface area contributed by atoms with Gasteiger partial charge in [0.2, 0.25) is 0 Å². The lowest BCUT2D eigenvalue weighted by molar-refractivity contribution is 0.901. The van der Waals surface area contributed by atoms with E-state index < -0.39 is 0 Å². The van der Waals surface area contributed by atoms with Crippen molar-refractivity contribution in [3.8, 4) is 0 Å². The minimum Gasteiger partial charge on any atom is -0.268 e. The molecule has 0 unspecified atom stereocenters. The average molecular weight is 150 g/mol. The van der Waals surface area contributed by atoms with Gasteiger partial charge in [-0.25, -0.2) is 5.10 Å². The number of nitrogens with one attached hydrogen (secondary N) is 1. The fourth-order valence-corrected chi connectivity index (χ4v) is 1.22. The Kier molecular flexibility index (Phi) is 1.31. The number of aromatic nitrogens is 2. The van der Waals surface area contributed by atoms with Crippen LogP contribution in [0.1, 0.15) is 30.0 Å². The summed E-state index contributed by atoms with van der Waals surface area (Å²) in [6.07, 6.45) is 2.32. The predicted molar refractivity (Wildman–Crippen MR) is 41.6 cm³/mol. The summed E-state index contributed by atoms with van der Waals surface area (Å²) in [5, 5.41) is 6.30. The predicted octanol–water partition coefficient (Wildman–Crippen LogP) is 0.956. The number of hydrogen-bond acceptors (Lipinski definition) is 2. The molecule has 1 aliphatic rings. The zero-order valence-corrected chi connectivity index (χ0v) is 6.42. The Labute approximate surface area is 64.5 Å². The van der Waals surface area contributed by atoms with E-state index in [0.29, 0.717) is 5.92 Å². The summed E-state index contributed by atoms with van der Waals surface area (Å²) >= 11 is 0. The highest BCUT2D eigenvalue weighted by Gasteiger charge is 2.26. The molecule has 0 radical (unpaired) electrons. The maximum Gasteiger partial charge on any atom is 0.267 e. The number of rotatable bonds is 1. The molecule has 1 saturated carbocycles. The van der Waals surface area contributed by atoms with Crippen molar-refractivity contribution in [1.82, 2.24) is 10.2 Å². The standard InChI is InChI=1S/C8H10N2O/c1-5-4-7(6-2-3-6)8(11)10-9-5/h4,6H,2-3H2,1H3,(H,10,11). The molecule has 2 rings (SSSR count). The highest BCUT2D eigenvalue weighted by atomic mass is 16.1. The van der Waals surface area contributed by atoms with Crippen molar-refractivity contribution >= 4 is 0 Å². The highest BCUT2D eigenvalue weighted by Crippen LogP contribution is 2.38. The number of aryl methyl sites for hydroxylation is 1. The summed E-state index contributed by atoms with van der Waals surface area (Å²) in [7, 11) is 0. The second kappa shape index (κ2) is 2.19. The van der Waals surface area contributed by atoms with E-state index in [4.69, 9.17) is 0 Å². The smallest absolute Gasteiger partial charge is 0.267 e. The Morgan fingerprint density at radius 3 is 3.00 bits per heavy atom. The summed E-state index contributed by atoms with van der Waals surface area (Å²) in [4.78, 5) is 11.1. The Hall–Kier alpha value is -1.12. The molecule has 1 fully saturated rings. The normalized spacial score (nSPS) is 16.8. The van der Waals surface area contributed by atoms with E-state index >= 15 is 0 Å². The van der Waals surface area contributed by atoms with Gasteiger partial charge in [-0.1, -0.05) is 0 Å². The van der Waals surface area contributed by atoms with Crippen molar-refractivity contribution in [2.75, 3.05) is 0 Å². The molecule has 1 aromatic rings. The molecule has 0 saturated heterocycles. The summed E-state index contributed by atoms with van der Waals surface area (Å²) in [6, 6.07) is 1.89. The van der Waals surface area contributed by atoms with Crippen LogP contribution in [0.15, 0.2) is 10.9 Å². The van der Waals surface area contributed by atoms with E-state index in [-0.39, 0.29) is 5.56 Å². The first-order chi connectivity index (χ1) is 5.27. The minimum atomic E-state index is -0.0156. The topological polar surface area (TPSA) is 45.8 Å². The van der Waals surface area contributed by atoms with Crippen molar-refractivity contribution in [1.29, 1.82) is 0 Å². The van der Waals surface area contributed by atoms with E-state index in [1.807, 2.05) is 13.0 Å². The van der Waals surface area contributed by atoms with Gasteiger partial charge >= 0.3 is 0 Å². The molecule has 3 nitrogen and oxygen atoms in total. The van der Waals surface area contributed by atoms with Crippen LogP contribution in [0.5, 0.6) is 0 Å². The van der Waals surface area contributed by atoms with Crippen LogP contribution in [-0.4, -0.2) is 10.2 Å². The van der Waals surface area contributed by atoms with Crippen LogP contribution in [0.2, 0.25) is 0 Å². The second-order valence-corrected chi connectivity index (χ2v) is 3.07. The Morgan fingerprint density at radius 2 is 2.36 bits per heavy atom. The molecule has 0 aliphatic heterocycles. The minimum absolute atomic E-state index is 0.0156. The van der Waals surface area contributed by atoms with E-state index in [1.165, 1.54) is 0 Å². The Balaban J connectivity index is 2.51. The van der Waals surface area contributed by atoms with Crippen LogP contribution in [0, 0.1) is 6.92 Å². The van der Waals surface area contributed by atoms with Gasteiger partial charge in [-0.05, 0) is 31.7 Å². The lowest BCUT2D eigenvalue weighted by atomic mass is 10.2. The number of H-pyrrole nitrogens is 1. The highest BCUT2D eigenvalue weighted by molar-refractivity contribution is 5.21.